The quantitative estimate of drug-likeness (QED) is 0.648. The van der Waals surface area contributed by atoms with E-state index in [1.54, 1.807) is 6.20 Å². The van der Waals surface area contributed by atoms with Crippen molar-refractivity contribution in [1.29, 1.82) is 0 Å². The Kier molecular flexibility index (Phi) is 1.68. The van der Waals surface area contributed by atoms with E-state index in [0.717, 1.165) is 0 Å². The lowest BCUT2D eigenvalue weighted by Gasteiger charge is -1.92. The topological polar surface area (TPSA) is 28.7 Å². The molecule has 0 radical (unpaired) electrons. The van der Waals surface area contributed by atoms with E-state index in [1.165, 1.54) is 5.56 Å². The van der Waals surface area contributed by atoms with Crippen LogP contribution in [0, 0.1) is 0 Å². The van der Waals surface area contributed by atoms with Crippen molar-refractivity contribution in [2.45, 2.75) is 11.8 Å². The van der Waals surface area contributed by atoms with Crippen LogP contribution in [-0.2, 0) is 0 Å². The Labute approximate surface area is 56.4 Å². The van der Waals surface area contributed by atoms with Crippen LogP contribution in [0.15, 0.2) is 12.4 Å². The minimum Gasteiger partial charge on any atom is -0.285 e. The van der Waals surface area contributed by atoms with Gasteiger partial charge in [0.15, 0.2) is 0 Å². The van der Waals surface area contributed by atoms with Gasteiger partial charge in [0.25, 0.3) is 0 Å². The van der Waals surface area contributed by atoms with Gasteiger partial charge in [-0.3, -0.25) is 5.10 Å². The van der Waals surface area contributed by atoms with E-state index < -0.39 is 0 Å². The number of hydrogen-bond donors (Lipinski definition) is 1. The van der Waals surface area contributed by atoms with Gasteiger partial charge >= 0.3 is 0 Å². The number of nitrogens with one attached hydrogen (secondary N) is 1. The lowest BCUT2D eigenvalue weighted by Crippen LogP contribution is -1.75. The second-order valence-corrected chi connectivity index (χ2v) is 3.02. The number of aromatic nitrogens is 2. The normalized spacial score (nSPS) is 13.8. The molecule has 1 rings (SSSR count). The number of rotatable bonds is 1. The maximum atomic E-state index is 3.79. The number of alkyl halides is 1. The molecule has 0 spiro atoms. The van der Waals surface area contributed by atoms with Crippen molar-refractivity contribution in [3.8, 4) is 0 Å². The molecule has 0 bridgehead atoms. The molecule has 1 unspecified atom stereocenters. The summed E-state index contributed by atoms with van der Waals surface area (Å²) < 4.78 is 0. The number of hydrogen-bond acceptors (Lipinski definition) is 1. The van der Waals surface area contributed by atoms with Gasteiger partial charge in [-0.2, -0.15) is 5.10 Å². The van der Waals surface area contributed by atoms with Crippen LogP contribution in [0.1, 0.15) is 17.3 Å². The van der Waals surface area contributed by atoms with Gasteiger partial charge in [0, 0.05) is 16.6 Å². The summed E-state index contributed by atoms with van der Waals surface area (Å²) in [4.78, 5) is 0.404. The number of halogens is 1. The van der Waals surface area contributed by atoms with E-state index in [9.17, 15) is 0 Å². The van der Waals surface area contributed by atoms with Gasteiger partial charge in [-0.1, -0.05) is 15.9 Å². The molecule has 2 nitrogen and oxygen atoms in total. The molecule has 0 saturated carbocycles. The van der Waals surface area contributed by atoms with Gasteiger partial charge in [0.05, 0.1) is 6.20 Å². The van der Waals surface area contributed by atoms with Crippen molar-refractivity contribution in [3.05, 3.63) is 18.0 Å². The SMILES string of the molecule is CC(Br)c1cn[nH]c1. The molecular weight excluding hydrogens is 168 g/mol. The first kappa shape index (κ1) is 5.82. The molecule has 0 aliphatic rings. The molecule has 3 heteroatoms. The van der Waals surface area contributed by atoms with Crippen LogP contribution in [0.3, 0.4) is 0 Å². The second-order valence-electron chi connectivity index (χ2n) is 1.65. The molecule has 0 aliphatic carbocycles. The van der Waals surface area contributed by atoms with E-state index in [0.29, 0.717) is 4.83 Å². The maximum Gasteiger partial charge on any atom is 0.0530 e. The Morgan fingerprint density at radius 1 is 1.88 bits per heavy atom. The van der Waals surface area contributed by atoms with Crippen LogP contribution >= 0.6 is 15.9 Å². The third kappa shape index (κ3) is 1.10. The Morgan fingerprint density at radius 2 is 2.62 bits per heavy atom. The van der Waals surface area contributed by atoms with Crippen LogP contribution < -0.4 is 0 Å². The van der Waals surface area contributed by atoms with Gasteiger partial charge < -0.3 is 0 Å². The number of aromatic amines is 1. The Hall–Kier alpha value is -0.310. The van der Waals surface area contributed by atoms with Gasteiger partial charge in [-0.25, -0.2) is 0 Å². The Morgan fingerprint density at radius 3 is 2.88 bits per heavy atom. The third-order valence-electron chi connectivity index (χ3n) is 0.979. The average Bonchev–Trinajstić information content (AvgIpc) is 2.12. The van der Waals surface area contributed by atoms with E-state index in [-0.39, 0.29) is 0 Å². The van der Waals surface area contributed by atoms with E-state index >= 15 is 0 Å². The predicted molar refractivity (Wildman–Crippen MR) is 35.9 cm³/mol. The summed E-state index contributed by atoms with van der Waals surface area (Å²) >= 11 is 3.40. The molecule has 1 N–H and O–H groups in total. The lowest BCUT2D eigenvalue weighted by atomic mass is 10.3. The van der Waals surface area contributed by atoms with Crippen LogP contribution in [0.2, 0.25) is 0 Å². The van der Waals surface area contributed by atoms with E-state index in [2.05, 4.69) is 33.1 Å². The molecule has 8 heavy (non-hydrogen) atoms. The summed E-state index contributed by atoms with van der Waals surface area (Å²) in [5.74, 6) is 0. The first-order valence-corrected chi connectivity index (χ1v) is 3.35. The lowest BCUT2D eigenvalue weighted by molar-refractivity contribution is 1.09. The molecule has 0 fully saturated rings. The van der Waals surface area contributed by atoms with Crippen molar-refractivity contribution in [1.82, 2.24) is 10.2 Å². The van der Waals surface area contributed by atoms with Crippen LogP contribution in [0.25, 0.3) is 0 Å². The van der Waals surface area contributed by atoms with Crippen molar-refractivity contribution in [2.24, 2.45) is 0 Å². The minimum absolute atomic E-state index is 0.404. The molecule has 0 saturated heterocycles. The fourth-order valence-corrected chi connectivity index (χ4v) is 0.729. The fraction of sp³-hybridized carbons (Fsp3) is 0.400. The smallest absolute Gasteiger partial charge is 0.0530 e. The monoisotopic (exact) mass is 174 g/mol. The molecule has 1 aromatic rings. The zero-order valence-corrected chi connectivity index (χ0v) is 6.14. The molecule has 1 aromatic heterocycles. The minimum atomic E-state index is 0.404. The van der Waals surface area contributed by atoms with Crippen molar-refractivity contribution < 1.29 is 0 Å². The summed E-state index contributed by atoms with van der Waals surface area (Å²) in [6, 6.07) is 0. The van der Waals surface area contributed by atoms with Gasteiger partial charge in [0.2, 0.25) is 0 Å². The molecular formula is C5H7BrN2. The van der Waals surface area contributed by atoms with Crippen LogP contribution in [-0.4, -0.2) is 10.2 Å². The Balaban J connectivity index is 2.77. The van der Waals surface area contributed by atoms with Crippen LogP contribution in [0.4, 0.5) is 0 Å². The van der Waals surface area contributed by atoms with Gasteiger partial charge in [0.1, 0.15) is 0 Å². The maximum absolute atomic E-state index is 3.79. The zero-order valence-electron chi connectivity index (χ0n) is 4.56. The first-order chi connectivity index (χ1) is 3.80. The summed E-state index contributed by atoms with van der Waals surface area (Å²) in [5, 5.41) is 6.52. The second kappa shape index (κ2) is 2.31. The van der Waals surface area contributed by atoms with Gasteiger partial charge in [-0.15, -0.1) is 0 Å². The molecule has 0 aliphatic heterocycles. The standard InChI is InChI=1S/C5H7BrN2/c1-4(6)5-2-7-8-3-5/h2-4H,1H3,(H,7,8). The van der Waals surface area contributed by atoms with E-state index in [1.807, 2.05) is 6.20 Å². The Bertz CT molecular complexity index is 145. The molecule has 1 heterocycles. The van der Waals surface area contributed by atoms with E-state index in [4.69, 9.17) is 0 Å². The molecule has 0 amide bonds. The first-order valence-electron chi connectivity index (χ1n) is 2.43. The molecule has 1 atom stereocenters. The summed E-state index contributed by atoms with van der Waals surface area (Å²) in [5.41, 5.74) is 1.19. The van der Waals surface area contributed by atoms with Crippen molar-refractivity contribution >= 4 is 15.9 Å². The summed E-state index contributed by atoms with van der Waals surface area (Å²) in [7, 11) is 0. The highest BCUT2D eigenvalue weighted by molar-refractivity contribution is 9.09. The fourth-order valence-electron chi connectivity index (χ4n) is 0.478. The largest absolute Gasteiger partial charge is 0.285 e. The van der Waals surface area contributed by atoms with Crippen molar-refractivity contribution in [2.75, 3.05) is 0 Å². The highest BCUT2D eigenvalue weighted by Gasteiger charge is 1.98. The number of H-pyrrole nitrogens is 1. The predicted octanol–water partition coefficient (Wildman–Crippen LogP) is 1.87. The highest BCUT2D eigenvalue weighted by Crippen LogP contribution is 2.18. The van der Waals surface area contributed by atoms with Crippen molar-refractivity contribution in [3.63, 3.8) is 0 Å². The summed E-state index contributed by atoms with van der Waals surface area (Å²) in [6.45, 7) is 2.06. The van der Waals surface area contributed by atoms with Crippen LogP contribution in [0.5, 0.6) is 0 Å². The van der Waals surface area contributed by atoms with Gasteiger partial charge in [-0.05, 0) is 6.92 Å². The summed E-state index contributed by atoms with van der Waals surface area (Å²) in [6.07, 6.45) is 3.68. The number of nitrogens with zero attached hydrogens (tertiary/aromatic N) is 1. The third-order valence-corrected chi connectivity index (χ3v) is 1.51. The molecule has 0 aromatic carbocycles. The average molecular weight is 175 g/mol. The molecule has 44 valence electrons. The zero-order chi connectivity index (χ0) is 5.98. The highest BCUT2D eigenvalue weighted by atomic mass is 79.9.